The number of aryl methyl sites for hydroxylation is 1. The van der Waals surface area contributed by atoms with Crippen molar-refractivity contribution in [2.24, 2.45) is 5.73 Å². The van der Waals surface area contributed by atoms with Crippen molar-refractivity contribution in [1.82, 2.24) is 5.32 Å². The number of carbonyl (C=O) groups excluding carboxylic acids is 3. The summed E-state index contributed by atoms with van der Waals surface area (Å²) >= 11 is 0. The van der Waals surface area contributed by atoms with Gasteiger partial charge in [0.25, 0.3) is 5.91 Å². The minimum absolute atomic E-state index is 0.0337. The number of nitrogens with one attached hydrogen (secondary N) is 1. The Morgan fingerprint density at radius 2 is 1.34 bits per heavy atom. The molecule has 0 bridgehead atoms. The molecule has 0 saturated carbocycles. The van der Waals surface area contributed by atoms with Crippen LogP contribution in [0.3, 0.4) is 0 Å². The maximum atomic E-state index is 13.0. The Labute approximate surface area is 186 Å². The lowest BCUT2D eigenvalue weighted by Gasteiger charge is -2.24. The number of hydrogen-bond donors (Lipinski definition) is 2. The molecule has 0 fully saturated rings. The molecule has 1 unspecified atom stereocenters. The Morgan fingerprint density at radius 1 is 0.812 bits per heavy atom. The van der Waals surface area contributed by atoms with Crippen molar-refractivity contribution in [1.29, 1.82) is 0 Å². The molecule has 3 amide bonds. The normalized spacial score (nSPS) is 11.3. The SMILES string of the molecule is NC(NC(=O)OCc1ccccc1)C(=O)N(C(=O)CCc1ccccc1)c1ccccc1. The smallest absolute Gasteiger partial charge is 0.409 e. The van der Waals surface area contributed by atoms with Crippen molar-refractivity contribution in [3.05, 3.63) is 102 Å². The molecular weight excluding hydrogens is 406 g/mol. The lowest BCUT2D eigenvalue weighted by atomic mass is 10.1. The highest BCUT2D eigenvalue weighted by Crippen LogP contribution is 2.17. The zero-order chi connectivity index (χ0) is 22.8. The highest BCUT2D eigenvalue weighted by Gasteiger charge is 2.29. The average Bonchev–Trinajstić information content (AvgIpc) is 2.83. The number of amides is 3. The number of ether oxygens (including phenoxy) is 1. The largest absolute Gasteiger partial charge is 0.445 e. The standard InChI is InChI=1S/C25H25N3O4/c26-23(27-25(31)32-18-20-12-6-2-7-13-20)24(30)28(21-14-8-3-9-15-21)22(29)17-16-19-10-4-1-5-11-19/h1-15,23H,16-18,26H2,(H,27,31). The summed E-state index contributed by atoms with van der Waals surface area (Å²) in [6.45, 7) is 0.0337. The van der Waals surface area contributed by atoms with E-state index < -0.39 is 24.1 Å². The summed E-state index contributed by atoms with van der Waals surface area (Å²) in [6.07, 6.45) is -1.72. The van der Waals surface area contributed by atoms with Gasteiger partial charge in [0.2, 0.25) is 5.91 Å². The van der Waals surface area contributed by atoms with Gasteiger partial charge in [0.15, 0.2) is 6.17 Å². The first-order valence-corrected chi connectivity index (χ1v) is 10.2. The third-order valence-electron chi connectivity index (χ3n) is 4.71. The van der Waals surface area contributed by atoms with Crippen LogP contribution in [-0.4, -0.2) is 24.1 Å². The molecule has 0 saturated heterocycles. The molecule has 0 spiro atoms. The van der Waals surface area contributed by atoms with Gasteiger partial charge in [-0.05, 0) is 29.7 Å². The van der Waals surface area contributed by atoms with E-state index in [9.17, 15) is 14.4 Å². The van der Waals surface area contributed by atoms with Crippen LogP contribution in [0.2, 0.25) is 0 Å². The first kappa shape index (κ1) is 22.7. The number of imide groups is 1. The molecule has 1 atom stereocenters. The molecule has 32 heavy (non-hydrogen) atoms. The molecule has 164 valence electrons. The second-order valence-electron chi connectivity index (χ2n) is 7.07. The van der Waals surface area contributed by atoms with Gasteiger partial charge in [-0.2, -0.15) is 0 Å². The van der Waals surface area contributed by atoms with Crippen LogP contribution >= 0.6 is 0 Å². The van der Waals surface area contributed by atoms with E-state index in [1.54, 1.807) is 42.5 Å². The molecule has 0 radical (unpaired) electrons. The zero-order valence-corrected chi connectivity index (χ0v) is 17.5. The summed E-state index contributed by atoms with van der Waals surface area (Å²) < 4.78 is 5.11. The molecule has 0 aliphatic carbocycles. The zero-order valence-electron chi connectivity index (χ0n) is 17.5. The number of rotatable bonds is 8. The van der Waals surface area contributed by atoms with Gasteiger partial charge in [-0.15, -0.1) is 0 Å². The average molecular weight is 431 g/mol. The Bertz CT molecular complexity index is 1030. The molecule has 3 rings (SSSR count). The summed E-state index contributed by atoms with van der Waals surface area (Å²) in [7, 11) is 0. The minimum Gasteiger partial charge on any atom is -0.445 e. The number of anilines is 1. The van der Waals surface area contributed by atoms with Gasteiger partial charge in [0.05, 0.1) is 5.69 Å². The highest BCUT2D eigenvalue weighted by molar-refractivity contribution is 6.16. The Hall–Kier alpha value is -3.97. The molecule has 0 aromatic heterocycles. The van der Waals surface area contributed by atoms with E-state index in [2.05, 4.69) is 5.32 Å². The van der Waals surface area contributed by atoms with Gasteiger partial charge in [0, 0.05) is 6.42 Å². The minimum atomic E-state index is -1.45. The fourth-order valence-electron chi connectivity index (χ4n) is 3.07. The predicted molar refractivity (Wildman–Crippen MR) is 121 cm³/mol. The number of para-hydroxylation sites is 1. The Kier molecular flexibility index (Phi) is 8.11. The quantitative estimate of drug-likeness (QED) is 0.533. The maximum absolute atomic E-state index is 13.0. The van der Waals surface area contributed by atoms with Crippen LogP contribution in [0, 0.1) is 0 Å². The molecule has 0 aliphatic heterocycles. The van der Waals surface area contributed by atoms with Crippen molar-refractivity contribution < 1.29 is 19.1 Å². The van der Waals surface area contributed by atoms with Crippen LogP contribution in [0.25, 0.3) is 0 Å². The van der Waals surface area contributed by atoms with Gasteiger partial charge in [-0.1, -0.05) is 78.9 Å². The highest BCUT2D eigenvalue weighted by atomic mass is 16.5. The molecular formula is C25H25N3O4. The van der Waals surface area contributed by atoms with E-state index in [-0.39, 0.29) is 13.0 Å². The van der Waals surface area contributed by atoms with Crippen molar-refractivity contribution in [3.8, 4) is 0 Å². The molecule has 3 aromatic rings. The van der Waals surface area contributed by atoms with Gasteiger partial charge in [-0.3, -0.25) is 14.9 Å². The molecule has 3 aromatic carbocycles. The number of hydrogen-bond acceptors (Lipinski definition) is 5. The second kappa shape index (κ2) is 11.4. The van der Waals surface area contributed by atoms with E-state index in [0.717, 1.165) is 16.0 Å². The van der Waals surface area contributed by atoms with Crippen molar-refractivity contribution in [3.63, 3.8) is 0 Å². The second-order valence-corrected chi connectivity index (χ2v) is 7.07. The van der Waals surface area contributed by atoms with E-state index >= 15 is 0 Å². The summed E-state index contributed by atoms with van der Waals surface area (Å²) in [6, 6.07) is 27.1. The van der Waals surface area contributed by atoms with Crippen molar-refractivity contribution in [2.75, 3.05) is 4.90 Å². The van der Waals surface area contributed by atoms with E-state index in [0.29, 0.717) is 12.1 Å². The van der Waals surface area contributed by atoms with Crippen LogP contribution in [-0.2, 0) is 27.4 Å². The number of alkyl carbamates (subject to hydrolysis) is 1. The number of nitrogens with zero attached hydrogens (tertiary/aromatic N) is 1. The summed E-state index contributed by atoms with van der Waals surface area (Å²) in [5.41, 5.74) is 8.07. The predicted octanol–water partition coefficient (Wildman–Crippen LogP) is 3.39. The third kappa shape index (κ3) is 6.52. The summed E-state index contributed by atoms with van der Waals surface area (Å²) in [5.74, 6) is -1.16. The van der Waals surface area contributed by atoms with Gasteiger partial charge < -0.3 is 10.5 Å². The summed E-state index contributed by atoms with van der Waals surface area (Å²) in [4.78, 5) is 39.1. The van der Waals surface area contributed by atoms with Crippen molar-refractivity contribution >= 4 is 23.6 Å². The van der Waals surface area contributed by atoms with Crippen molar-refractivity contribution in [2.45, 2.75) is 25.6 Å². The van der Waals surface area contributed by atoms with Crippen LogP contribution in [0.1, 0.15) is 17.5 Å². The lowest BCUT2D eigenvalue weighted by Crippen LogP contribution is -2.55. The maximum Gasteiger partial charge on any atom is 0.409 e. The third-order valence-corrected chi connectivity index (χ3v) is 4.71. The lowest BCUT2D eigenvalue weighted by molar-refractivity contribution is -0.127. The molecule has 7 nitrogen and oxygen atoms in total. The van der Waals surface area contributed by atoms with Gasteiger partial charge in [-0.25, -0.2) is 9.69 Å². The molecule has 3 N–H and O–H groups in total. The fraction of sp³-hybridized carbons (Fsp3) is 0.160. The van der Waals surface area contributed by atoms with Gasteiger partial charge in [0.1, 0.15) is 6.61 Å². The number of nitrogens with two attached hydrogens (primary N) is 1. The van der Waals surface area contributed by atoms with Crippen LogP contribution in [0.15, 0.2) is 91.0 Å². The van der Waals surface area contributed by atoms with Crippen LogP contribution < -0.4 is 16.0 Å². The van der Waals surface area contributed by atoms with Crippen LogP contribution in [0.4, 0.5) is 10.5 Å². The summed E-state index contributed by atoms with van der Waals surface area (Å²) in [5, 5.41) is 2.30. The molecule has 0 heterocycles. The fourth-order valence-corrected chi connectivity index (χ4v) is 3.07. The van der Waals surface area contributed by atoms with Gasteiger partial charge >= 0.3 is 6.09 Å². The topological polar surface area (TPSA) is 102 Å². The van der Waals surface area contributed by atoms with E-state index in [1.165, 1.54) is 0 Å². The number of carbonyl (C=O) groups is 3. The first-order valence-electron chi connectivity index (χ1n) is 10.2. The molecule has 0 aliphatic rings. The Balaban J connectivity index is 1.64. The van der Waals surface area contributed by atoms with E-state index in [4.69, 9.17) is 10.5 Å². The number of benzene rings is 3. The Morgan fingerprint density at radius 3 is 1.94 bits per heavy atom. The monoisotopic (exact) mass is 431 g/mol. The molecule has 7 heteroatoms. The van der Waals surface area contributed by atoms with E-state index in [1.807, 2.05) is 48.5 Å². The van der Waals surface area contributed by atoms with Crippen LogP contribution in [0.5, 0.6) is 0 Å². The first-order chi connectivity index (χ1) is 15.5.